The van der Waals surface area contributed by atoms with Gasteiger partial charge in [-0.3, -0.25) is 14.4 Å². The zero-order chi connectivity index (χ0) is 20.3. The van der Waals surface area contributed by atoms with Crippen LogP contribution in [-0.2, 0) is 9.53 Å². The van der Waals surface area contributed by atoms with Gasteiger partial charge >= 0.3 is 5.97 Å². The lowest BCUT2D eigenvalue weighted by Gasteiger charge is -2.31. The van der Waals surface area contributed by atoms with Gasteiger partial charge in [0, 0.05) is 24.8 Å². The summed E-state index contributed by atoms with van der Waals surface area (Å²) >= 11 is 0. The number of ether oxygens (including phenoxy) is 1. The highest BCUT2D eigenvalue weighted by Crippen LogP contribution is 2.19. The SMILES string of the molecule is CCOC(=O)[C@@H]1CCCN(C(=O)c2nn(-c3ccccc3F)c(C)cc2=O)C1. The molecule has 0 bridgehead atoms. The van der Waals surface area contributed by atoms with Crippen molar-refractivity contribution < 1.29 is 18.7 Å². The normalized spacial score (nSPS) is 16.7. The van der Waals surface area contributed by atoms with E-state index in [0.29, 0.717) is 25.1 Å². The number of aryl methyl sites for hydroxylation is 1. The summed E-state index contributed by atoms with van der Waals surface area (Å²) in [7, 11) is 0. The van der Waals surface area contributed by atoms with Crippen LogP contribution in [0.4, 0.5) is 4.39 Å². The molecular weight excluding hydrogens is 365 g/mol. The summed E-state index contributed by atoms with van der Waals surface area (Å²) in [6.45, 7) is 4.21. The highest BCUT2D eigenvalue weighted by atomic mass is 19.1. The third-order valence-electron chi connectivity index (χ3n) is 4.72. The number of amides is 1. The van der Waals surface area contributed by atoms with Crippen molar-refractivity contribution in [2.45, 2.75) is 26.7 Å². The number of nitrogens with zero attached hydrogens (tertiary/aromatic N) is 3. The number of carbonyl (C=O) groups is 2. The number of carbonyl (C=O) groups excluding carboxylic acids is 2. The van der Waals surface area contributed by atoms with Crippen LogP contribution in [0.3, 0.4) is 0 Å². The number of halogens is 1. The quantitative estimate of drug-likeness (QED) is 0.751. The third-order valence-corrected chi connectivity index (χ3v) is 4.72. The van der Waals surface area contributed by atoms with Gasteiger partial charge in [-0.25, -0.2) is 9.07 Å². The summed E-state index contributed by atoms with van der Waals surface area (Å²) in [5.41, 5.74) is -0.265. The smallest absolute Gasteiger partial charge is 0.310 e. The van der Waals surface area contributed by atoms with Gasteiger partial charge in [0.05, 0.1) is 12.5 Å². The predicted octanol–water partition coefficient (Wildman–Crippen LogP) is 2.10. The van der Waals surface area contributed by atoms with Gasteiger partial charge in [-0.1, -0.05) is 12.1 Å². The Morgan fingerprint density at radius 1 is 1.32 bits per heavy atom. The molecular formula is C20H22FN3O4. The number of rotatable bonds is 4. The minimum atomic E-state index is -0.566. The Morgan fingerprint density at radius 3 is 2.79 bits per heavy atom. The van der Waals surface area contributed by atoms with E-state index >= 15 is 0 Å². The van der Waals surface area contributed by atoms with Crippen molar-refractivity contribution in [2.75, 3.05) is 19.7 Å². The van der Waals surface area contributed by atoms with Gasteiger partial charge < -0.3 is 9.64 Å². The van der Waals surface area contributed by atoms with E-state index in [1.807, 2.05) is 0 Å². The maximum Gasteiger partial charge on any atom is 0.310 e. The Labute approximate surface area is 161 Å². The molecule has 0 radical (unpaired) electrons. The van der Waals surface area contributed by atoms with Crippen LogP contribution in [0.2, 0.25) is 0 Å². The first-order chi connectivity index (χ1) is 13.4. The van der Waals surface area contributed by atoms with Crippen molar-refractivity contribution in [3.8, 4) is 5.69 Å². The van der Waals surface area contributed by atoms with E-state index in [-0.39, 0.29) is 30.5 Å². The van der Waals surface area contributed by atoms with Crippen molar-refractivity contribution in [2.24, 2.45) is 5.92 Å². The molecule has 148 valence electrons. The van der Waals surface area contributed by atoms with Gasteiger partial charge in [-0.05, 0) is 38.8 Å². The van der Waals surface area contributed by atoms with Crippen molar-refractivity contribution in [1.82, 2.24) is 14.7 Å². The Bertz CT molecular complexity index is 957. The predicted molar refractivity (Wildman–Crippen MR) is 99.8 cm³/mol. The van der Waals surface area contributed by atoms with Gasteiger partial charge in [-0.2, -0.15) is 5.10 Å². The molecule has 8 heteroatoms. The fourth-order valence-electron chi connectivity index (χ4n) is 3.33. The van der Waals surface area contributed by atoms with Crippen LogP contribution < -0.4 is 5.43 Å². The lowest BCUT2D eigenvalue weighted by atomic mass is 9.98. The summed E-state index contributed by atoms with van der Waals surface area (Å²) in [6, 6.07) is 7.26. The van der Waals surface area contributed by atoms with E-state index in [0.717, 1.165) is 0 Å². The minimum Gasteiger partial charge on any atom is -0.466 e. The minimum absolute atomic E-state index is 0.150. The van der Waals surface area contributed by atoms with Crippen molar-refractivity contribution in [3.05, 3.63) is 57.8 Å². The molecule has 1 fully saturated rings. The first-order valence-electron chi connectivity index (χ1n) is 9.24. The molecule has 7 nitrogen and oxygen atoms in total. The van der Waals surface area contributed by atoms with Crippen LogP contribution in [-0.4, -0.2) is 46.3 Å². The molecule has 1 amide bonds. The first-order valence-corrected chi connectivity index (χ1v) is 9.24. The van der Waals surface area contributed by atoms with E-state index in [1.165, 1.54) is 27.8 Å². The van der Waals surface area contributed by atoms with E-state index in [2.05, 4.69) is 5.10 Å². The van der Waals surface area contributed by atoms with Crippen LogP contribution in [0.15, 0.2) is 35.1 Å². The molecule has 0 saturated carbocycles. The van der Waals surface area contributed by atoms with Crippen LogP contribution >= 0.6 is 0 Å². The van der Waals surface area contributed by atoms with Gasteiger partial charge in [0.15, 0.2) is 5.69 Å². The second-order valence-corrected chi connectivity index (χ2v) is 6.70. The number of para-hydroxylation sites is 1. The molecule has 1 atom stereocenters. The number of esters is 1. The summed E-state index contributed by atoms with van der Waals surface area (Å²) in [5.74, 6) is -1.85. The third kappa shape index (κ3) is 3.95. The summed E-state index contributed by atoms with van der Waals surface area (Å²) in [4.78, 5) is 38.8. The number of hydrogen-bond acceptors (Lipinski definition) is 5. The molecule has 0 aliphatic carbocycles. The molecule has 0 N–H and O–H groups in total. The lowest BCUT2D eigenvalue weighted by Crippen LogP contribution is -2.44. The average Bonchev–Trinajstić information content (AvgIpc) is 2.69. The molecule has 1 aliphatic heterocycles. The van der Waals surface area contributed by atoms with Crippen molar-refractivity contribution in [3.63, 3.8) is 0 Å². The van der Waals surface area contributed by atoms with E-state index in [4.69, 9.17) is 4.74 Å². The second-order valence-electron chi connectivity index (χ2n) is 6.70. The fraction of sp³-hybridized carbons (Fsp3) is 0.400. The Hall–Kier alpha value is -3.03. The molecule has 3 rings (SSSR count). The molecule has 1 aliphatic rings. The standard InChI is InChI=1S/C20H22FN3O4/c1-3-28-20(27)14-7-6-10-23(12-14)19(26)18-17(25)11-13(2)24(22-18)16-9-5-4-8-15(16)21/h4-5,8-9,11,14H,3,6-7,10,12H2,1-2H3/t14-/m1/s1. The molecule has 0 unspecified atom stereocenters. The number of aromatic nitrogens is 2. The van der Waals surface area contributed by atoms with Crippen LogP contribution in [0.25, 0.3) is 5.69 Å². The largest absolute Gasteiger partial charge is 0.466 e. The van der Waals surface area contributed by atoms with Gasteiger partial charge in [0.1, 0.15) is 11.5 Å². The topological polar surface area (TPSA) is 81.5 Å². The number of likely N-dealkylation sites (tertiary alicyclic amines) is 1. The Kier molecular flexibility index (Phi) is 5.87. The fourth-order valence-corrected chi connectivity index (χ4v) is 3.33. The molecule has 0 spiro atoms. The van der Waals surface area contributed by atoms with E-state index in [1.54, 1.807) is 26.0 Å². The van der Waals surface area contributed by atoms with Gasteiger partial charge in [0.2, 0.25) is 5.43 Å². The number of hydrogen-bond donors (Lipinski definition) is 0. The second kappa shape index (κ2) is 8.33. The molecule has 1 aromatic heterocycles. The zero-order valence-electron chi connectivity index (χ0n) is 15.9. The molecule has 1 aromatic carbocycles. The van der Waals surface area contributed by atoms with Crippen molar-refractivity contribution >= 4 is 11.9 Å². The molecule has 1 saturated heterocycles. The highest BCUT2D eigenvalue weighted by molar-refractivity contribution is 5.92. The lowest BCUT2D eigenvalue weighted by molar-refractivity contribution is -0.149. The maximum atomic E-state index is 14.2. The molecule has 28 heavy (non-hydrogen) atoms. The number of piperidine rings is 1. The van der Waals surface area contributed by atoms with Crippen molar-refractivity contribution in [1.29, 1.82) is 0 Å². The molecule has 2 heterocycles. The first kappa shape index (κ1) is 19.7. The summed E-state index contributed by atoms with van der Waals surface area (Å²) in [6.07, 6.45) is 1.26. The maximum absolute atomic E-state index is 14.2. The highest BCUT2D eigenvalue weighted by Gasteiger charge is 2.31. The van der Waals surface area contributed by atoms with E-state index < -0.39 is 23.1 Å². The van der Waals surface area contributed by atoms with E-state index in [9.17, 15) is 18.8 Å². The summed E-state index contributed by atoms with van der Waals surface area (Å²) in [5, 5.41) is 4.14. The van der Waals surface area contributed by atoms with Crippen LogP contribution in [0.5, 0.6) is 0 Å². The number of benzene rings is 1. The van der Waals surface area contributed by atoms with Crippen LogP contribution in [0.1, 0.15) is 35.9 Å². The van der Waals surface area contributed by atoms with Crippen LogP contribution in [0, 0.1) is 18.7 Å². The van der Waals surface area contributed by atoms with Gasteiger partial charge in [-0.15, -0.1) is 0 Å². The summed E-state index contributed by atoms with van der Waals surface area (Å²) < 4.78 is 20.5. The monoisotopic (exact) mass is 387 g/mol. The Morgan fingerprint density at radius 2 is 2.07 bits per heavy atom. The Balaban J connectivity index is 1.92. The average molecular weight is 387 g/mol. The van der Waals surface area contributed by atoms with Gasteiger partial charge in [0.25, 0.3) is 5.91 Å². The molecule has 2 aromatic rings. The zero-order valence-corrected chi connectivity index (χ0v) is 15.9.